The van der Waals surface area contributed by atoms with Crippen molar-refractivity contribution in [3.63, 3.8) is 0 Å². The summed E-state index contributed by atoms with van der Waals surface area (Å²) in [4.78, 5) is 4.02. The fourth-order valence-electron chi connectivity index (χ4n) is 1.83. The average molecular weight is 315 g/mol. The van der Waals surface area contributed by atoms with Crippen LogP contribution in [0.3, 0.4) is 0 Å². The summed E-state index contributed by atoms with van der Waals surface area (Å²) in [6.45, 7) is 1.97. The topological polar surface area (TPSA) is 74.1 Å². The van der Waals surface area contributed by atoms with Crippen LogP contribution in [-0.4, -0.2) is 22.6 Å². The lowest BCUT2D eigenvalue weighted by atomic mass is 10.1. The van der Waals surface area contributed by atoms with Gasteiger partial charge in [-0.15, -0.1) is 9.19 Å². The molecule has 0 atom stereocenters. The summed E-state index contributed by atoms with van der Waals surface area (Å²) in [5.74, 6) is 0.537. The molecule has 7 heteroatoms. The zero-order valence-electron chi connectivity index (χ0n) is 11.7. The lowest BCUT2D eigenvalue weighted by Crippen LogP contribution is -2.19. The number of hydrogen-bond donors (Lipinski definition) is 0. The van der Waals surface area contributed by atoms with Crippen LogP contribution < -0.4 is 4.18 Å². The van der Waals surface area contributed by atoms with E-state index in [1.54, 1.807) is 30.3 Å². The number of aryl methyl sites for hydroxylation is 1. The van der Waals surface area contributed by atoms with E-state index >= 15 is 0 Å². The van der Waals surface area contributed by atoms with Crippen LogP contribution in [-0.2, 0) is 10.3 Å². The molecular weight excluding hydrogens is 302 g/mol. The van der Waals surface area contributed by atoms with Gasteiger partial charge in [-0.05, 0) is 19.1 Å². The molecule has 0 aliphatic rings. The minimum atomic E-state index is -4.07. The van der Waals surface area contributed by atoms with Crippen molar-refractivity contribution in [2.75, 3.05) is 0 Å². The van der Waals surface area contributed by atoms with E-state index in [1.807, 2.05) is 31.2 Å². The highest BCUT2D eigenvalue weighted by Gasteiger charge is 2.18. The molecule has 22 heavy (non-hydrogen) atoms. The average Bonchev–Trinajstić information content (AvgIpc) is 2.99. The molecule has 6 nitrogen and oxygen atoms in total. The van der Waals surface area contributed by atoms with Gasteiger partial charge in [0.25, 0.3) is 0 Å². The van der Waals surface area contributed by atoms with Gasteiger partial charge < -0.3 is 4.18 Å². The normalized spacial score (nSPS) is 11.3. The molecule has 0 saturated carbocycles. The van der Waals surface area contributed by atoms with Crippen LogP contribution in [0.25, 0.3) is 11.4 Å². The molecule has 0 radical (unpaired) electrons. The second-order valence-electron chi connectivity index (χ2n) is 4.66. The van der Waals surface area contributed by atoms with E-state index in [1.165, 1.54) is 0 Å². The highest BCUT2D eigenvalue weighted by molar-refractivity contribution is 7.85. The molecule has 112 valence electrons. The standard InChI is InChI=1S/C15H13N3O3S/c1-12-7-9-13(10-8-12)15-16-11-18(17-15)22(19,20)21-14-5-3-2-4-6-14/h2-11H,1H3. The number of rotatable bonds is 4. The van der Waals surface area contributed by atoms with Crippen molar-refractivity contribution in [2.45, 2.75) is 6.92 Å². The molecule has 0 aliphatic heterocycles. The van der Waals surface area contributed by atoms with E-state index in [0.717, 1.165) is 21.5 Å². The number of benzene rings is 2. The minimum Gasteiger partial charge on any atom is -0.365 e. The molecule has 0 N–H and O–H groups in total. The summed E-state index contributed by atoms with van der Waals surface area (Å²) in [6, 6.07) is 15.7. The molecule has 0 amide bonds. The van der Waals surface area contributed by atoms with Gasteiger partial charge in [-0.1, -0.05) is 48.0 Å². The van der Waals surface area contributed by atoms with Gasteiger partial charge in [-0.2, -0.15) is 8.42 Å². The maximum atomic E-state index is 12.1. The van der Waals surface area contributed by atoms with Gasteiger partial charge >= 0.3 is 10.3 Å². The van der Waals surface area contributed by atoms with Crippen molar-refractivity contribution in [1.82, 2.24) is 14.2 Å². The highest BCUT2D eigenvalue weighted by Crippen LogP contribution is 2.17. The Kier molecular flexibility index (Phi) is 3.64. The maximum absolute atomic E-state index is 12.1. The molecule has 0 bridgehead atoms. The number of hydrogen-bond acceptors (Lipinski definition) is 5. The Bertz CT molecular complexity index is 872. The van der Waals surface area contributed by atoms with Gasteiger partial charge in [-0.3, -0.25) is 0 Å². The van der Waals surface area contributed by atoms with Crippen molar-refractivity contribution >= 4 is 10.3 Å². The highest BCUT2D eigenvalue weighted by atomic mass is 32.2. The first-order valence-corrected chi connectivity index (χ1v) is 7.90. The minimum absolute atomic E-state index is 0.217. The summed E-state index contributed by atoms with van der Waals surface area (Å²) in [5.41, 5.74) is 1.84. The summed E-state index contributed by atoms with van der Waals surface area (Å²) in [7, 11) is -4.07. The SMILES string of the molecule is Cc1ccc(-c2ncn(S(=O)(=O)Oc3ccccc3)n2)cc1. The van der Waals surface area contributed by atoms with E-state index in [-0.39, 0.29) is 5.75 Å². The van der Waals surface area contributed by atoms with Gasteiger partial charge in [0.2, 0.25) is 0 Å². The second-order valence-corrected chi connectivity index (χ2v) is 6.06. The molecule has 0 saturated heterocycles. The Labute approximate surface area is 128 Å². The first-order valence-electron chi connectivity index (χ1n) is 6.53. The molecule has 3 aromatic rings. The summed E-state index contributed by atoms with van der Waals surface area (Å²) in [6.07, 6.45) is 1.12. The summed E-state index contributed by atoms with van der Waals surface area (Å²) in [5, 5.41) is 3.97. The lowest BCUT2D eigenvalue weighted by molar-refractivity contribution is 0.469. The van der Waals surface area contributed by atoms with Crippen LogP contribution >= 0.6 is 0 Å². The summed E-state index contributed by atoms with van der Waals surface area (Å²) >= 11 is 0. The van der Waals surface area contributed by atoms with Gasteiger partial charge in [0.1, 0.15) is 12.1 Å². The van der Waals surface area contributed by atoms with Gasteiger partial charge in [0.15, 0.2) is 5.82 Å². The zero-order chi connectivity index (χ0) is 15.6. The van der Waals surface area contributed by atoms with Crippen LogP contribution in [0.1, 0.15) is 5.56 Å². The number of nitrogens with zero attached hydrogens (tertiary/aromatic N) is 3. The maximum Gasteiger partial charge on any atom is 0.430 e. The molecule has 0 fully saturated rings. The quantitative estimate of drug-likeness (QED) is 0.739. The Morgan fingerprint density at radius 1 is 1.00 bits per heavy atom. The van der Waals surface area contributed by atoms with Crippen molar-refractivity contribution < 1.29 is 12.6 Å². The predicted octanol–water partition coefficient (Wildman–Crippen LogP) is 2.43. The van der Waals surface area contributed by atoms with Gasteiger partial charge in [-0.25, -0.2) is 4.98 Å². The monoisotopic (exact) mass is 315 g/mol. The molecule has 2 aromatic carbocycles. The van der Waals surface area contributed by atoms with Crippen LogP contribution in [0.15, 0.2) is 60.9 Å². The number of aromatic nitrogens is 3. The van der Waals surface area contributed by atoms with Gasteiger partial charge in [0.05, 0.1) is 0 Å². The molecule has 3 rings (SSSR count). The Morgan fingerprint density at radius 3 is 2.36 bits per heavy atom. The Balaban J connectivity index is 1.88. The lowest BCUT2D eigenvalue weighted by Gasteiger charge is -2.05. The Hall–Kier alpha value is -2.67. The van der Waals surface area contributed by atoms with Gasteiger partial charge in [0, 0.05) is 5.56 Å². The first kappa shape index (κ1) is 14.3. The Morgan fingerprint density at radius 2 is 1.68 bits per heavy atom. The van der Waals surface area contributed by atoms with E-state index in [4.69, 9.17) is 4.18 Å². The smallest absolute Gasteiger partial charge is 0.365 e. The van der Waals surface area contributed by atoms with E-state index in [0.29, 0.717) is 5.82 Å². The first-order chi connectivity index (χ1) is 10.5. The van der Waals surface area contributed by atoms with E-state index in [2.05, 4.69) is 10.1 Å². The third kappa shape index (κ3) is 2.99. The predicted molar refractivity (Wildman–Crippen MR) is 81.6 cm³/mol. The third-order valence-electron chi connectivity index (χ3n) is 2.96. The number of para-hydroxylation sites is 1. The van der Waals surface area contributed by atoms with Crippen LogP contribution in [0.4, 0.5) is 0 Å². The van der Waals surface area contributed by atoms with Crippen molar-refractivity contribution in [1.29, 1.82) is 0 Å². The van der Waals surface area contributed by atoms with Crippen LogP contribution in [0.2, 0.25) is 0 Å². The molecule has 0 spiro atoms. The fourth-order valence-corrected chi connectivity index (χ4v) is 2.60. The molecule has 1 heterocycles. The van der Waals surface area contributed by atoms with Crippen molar-refractivity contribution in [2.24, 2.45) is 0 Å². The van der Waals surface area contributed by atoms with E-state index in [9.17, 15) is 8.42 Å². The molecule has 0 aliphatic carbocycles. The third-order valence-corrected chi connectivity index (χ3v) is 3.99. The van der Waals surface area contributed by atoms with Crippen LogP contribution in [0.5, 0.6) is 5.75 Å². The van der Waals surface area contributed by atoms with Crippen molar-refractivity contribution in [3.8, 4) is 17.1 Å². The molecular formula is C15H13N3O3S. The summed E-state index contributed by atoms with van der Waals surface area (Å²) < 4.78 is 30.0. The fraction of sp³-hybridized carbons (Fsp3) is 0.0667. The second kappa shape index (κ2) is 5.61. The largest absolute Gasteiger partial charge is 0.430 e. The zero-order valence-corrected chi connectivity index (χ0v) is 12.6. The van der Waals surface area contributed by atoms with E-state index < -0.39 is 10.3 Å². The molecule has 1 aromatic heterocycles. The van der Waals surface area contributed by atoms with Crippen LogP contribution in [0, 0.1) is 6.92 Å². The molecule has 0 unspecified atom stereocenters. The van der Waals surface area contributed by atoms with Crippen molar-refractivity contribution in [3.05, 3.63) is 66.5 Å².